The van der Waals surface area contributed by atoms with Crippen LogP contribution in [0, 0.1) is 5.41 Å². The first-order chi connectivity index (χ1) is 15.8. The maximum atomic E-state index is 13.3. The van der Waals surface area contributed by atoms with E-state index >= 15 is 0 Å². The van der Waals surface area contributed by atoms with Gasteiger partial charge in [0.25, 0.3) is 5.91 Å². The molecule has 0 bridgehead atoms. The van der Waals surface area contributed by atoms with Gasteiger partial charge in [-0.25, -0.2) is 4.98 Å². The highest BCUT2D eigenvalue weighted by atomic mass is 35.5. The summed E-state index contributed by atoms with van der Waals surface area (Å²) in [7, 11) is 3.92. The lowest BCUT2D eigenvalue weighted by Crippen LogP contribution is -2.53. The first-order valence-electron chi connectivity index (χ1n) is 11.5. The van der Waals surface area contributed by atoms with Gasteiger partial charge in [-0.3, -0.25) is 9.59 Å². The number of carbonyl (C=O) groups is 2. The van der Waals surface area contributed by atoms with E-state index in [0.717, 1.165) is 39.0 Å². The molecule has 2 amide bonds. The highest BCUT2D eigenvalue weighted by Crippen LogP contribution is 2.36. The van der Waals surface area contributed by atoms with Crippen LogP contribution in [0.5, 0.6) is 5.75 Å². The molecule has 2 fully saturated rings. The van der Waals surface area contributed by atoms with Crippen molar-refractivity contribution in [3.63, 3.8) is 0 Å². The van der Waals surface area contributed by atoms with Crippen LogP contribution in [0.15, 0.2) is 36.8 Å². The summed E-state index contributed by atoms with van der Waals surface area (Å²) in [5, 5.41) is 0.602. The maximum absolute atomic E-state index is 13.3. The van der Waals surface area contributed by atoms with E-state index in [1.807, 2.05) is 29.0 Å². The molecule has 0 radical (unpaired) electrons. The molecule has 1 aromatic carbocycles. The molecule has 0 aliphatic carbocycles. The molecule has 9 heteroatoms. The summed E-state index contributed by atoms with van der Waals surface area (Å²) in [5.74, 6) is 0.696. The number of rotatable bonds is 6. The van der Waals surface area contributed by atoms with E-state index in [9.17, 15) is 9.59 Å². The topological polar surface area (TPSA) is 70.9 Å². The molecule has 3 heterocycles. The van der Waals surface area contributed by atoms with Gasteiger partial charge >= 0.3 is 0 Å². The Bertz CT molecular complexity index is 988. The van der Waals surface area contributed by atoms with E-state index in [4.69, 9.17) is 16.3 Å². The number of imidazole rings is 1. The Kier molecular flexibility index (Phi) is 7.24. The predicted molar refractivity (Wildman–Crippen MR) is 126 cm³/mol. The van der Waals surface area contributed by atoms with Crippen LogP contribution in [-0.2, 0) is 11.8 Å². The summed E-state index contributed by atoms with van der Waals surface area (Å²) in [6.45, 7) is 4.68. The lowest BCUT2D eigenvalue weighted by Gasteiger charge is -2.43. The Hall–Kier alpha value is -2.58. The summed E-state index contributed by atoms with van der Waals surface area (Å²) >= 11 is 6.13. The molecule has 33 heavy (non-hydrogen) atoms. The molecular formula is C24H32ClN5O3. The van der Waals surface area contributed by atoms with E-state index in [2.05, 4.69) is 16.9 Å². The molecule has 0 saturated carbocycles. The summed E-state index contributed by atoms with van der Waals surface area (Å²) in [5.41, 5.74) is -0.0414. The minimum Gasteiger partial charge on any atom is -0.493 e. The second-order valence-corrected chi connectivity index (χ2v) is 9.80. The number of benzene rings is 1. The summed E-state index contributed by atoms with van der Waals surface area (Å²) < 4.78 is 7.92. The van der Waals surface area contributed by atoms with Gasteiger partial charge in [-0.2, -0.15) is 0 Å². The Labute approximate surface area is 200 Å². The second kappa shape index (κ2) is 10.1. The van der Waals surface area contributed by atoms with Crippen LogP contribution in [0.1, 0.15) is 29.8 Å². The fourth-order valence-electron chi connectivity index (χ4n) is 4.66. The van der Waals surface area contributed by atoms with Crippen molar-refractivity contribution in [2.24, 2.45) is 12.5 Å². The van der Waals surface area contributed by atoms with Gasteiger partial charge in [-0.15, -0.1) is 0 Å². The third-order valence-electron chi connectivity index (χ3n) is 6.60. The molecule has 2 aliphatic heterocycles. The zero-order valence-corrected chi connectivity index (χ0v) is 20.1. The first kappa shape index (κ1) is 23.6. The van der Waals surface area contributed by atoms with Crippen LogP contribution in [0.2, 0.25) is 5.02 Å². The number of likely N-dealkylation sites (tertiary alicyclic amines) is 1. The van der Waals surface area contributed by atoms with Crippen LogP contribution in [0.4, 0.5) is 0 Å². The van der Waals surface area contributed by atoms with Crippen molar-refractivity contribution in [3.05, 3.63) is 47.5 Å². The molecule has 2 aliphatic rings. The fourth-order valence-corrected chi connectivity index (χ4v) is 4.84. The van der Waals surface area contributed by atoms with E-state index in [0.29, 0.717) is 42.6 Å². The number of ether oxygens (including phenoxy) is 1. The van der Waals surface area contributed by atoms with Crippen molar-refractivity contribution >= 4 is 23.4 Å². The van der Waals surface area contributed by atoms with Crippen molar-refractivity contribution < 1.29 is 14.3 Å². The molecule has 0 spiro atoms. The first-order valence-corrected chi connectivity index (χ1v) is 11.8. The van der Waals surface area contributed by atoms with Gasteiger partial charge in [-0.1, -0.05) is 17.7 Å². The number of aryl methyl sites for hydroxylation is 1. The molecule has 1 atom stereocenters. The zero-order valence-electron chi connectivity index (χ0n) is 19.4. The van der Waals surface area contributed by atoms with Crippen LogP contribution < -0.4 is 4.74 Å². The Morgan fingerprint density at radius 1 is 1.12 bits per heavy atom. The number of likely N-dealkylation sites (N-methyl/N-ethyl adjacent to an activating group) is 1. The number of halogens is 1. The third-order valence-corrected chi connectivity index (χ3v) is 6.83. The van der Waals surface area contributed by atoms with Crippen LogP contribution in [0.3, 0.4) is 0 Å². The number of aromatic nitrogens is 2. The molecule has 8 nitrogen and oxygen atoms in total. The van der Waals surface area contributed by atoms with Crippen LogP contribution in [0.25, 0.3) is 0 Å². The van der Waals surface area contributed by atoms with Crippen molar-refractivity contribution in [1.29, 1.82) is 0 Å². The minimum atomic E-state index is -0.467. The lowest BCUT2D eigenvalue weighted by molar-refractivity contribution is -0.137. The lowest BCUT2D eigenvalue weighted by atomic mass is 9.77. The number of carbonyl (C=O) groups excluding carboxylic acids is 2. The molecule has 2 saturated heterocycles. The minimum absolute atomic E-state index is 0.102. The van der Waals surface area contributed by atoms with Gasteiger partial charge in [0.15, 0.2) is 0 Å². The van der Waals surface area contributed by atoms with Crippen LogP contribution in [-0.4, -0.2) is 89.0 Å². The average Bonchev–Trinajstić information content (AvgIpc) is 3.24. The van der Waals surface area contributed by atoms with Gasteiger partial charge in [0, 0.05) is 69.4 Å². The molecule has 178 valence electrons. The van der Waals surface area contributed by atoms with Crippen molar-refractivity contribution in [2.45, 2.75) is 19.3 Å². The molecule has 0 N–H and O–H groups in total. The average molecular weight is 474 g/mol. The monoisotopic (exact) mass is 473 g/mol. The number of amides is 2. The quantitative estimate of drug-likeness (QED) is 0.644. The van der Waals surface area contributed by atoms with E-state index < -0.39 is 5.41 Å². The summed E-state index contributed by atoms with van der Waals surface area (Å²) in [4.78, 5) is 36.7. The predicted octanol–water partition coefficient (Wildman–Crippen LogP) is 2.54. The number of piperidine rings is 1. The third kappa shape index (κ3) is 5.86. The number of piperazine rings is 1. The largest absolute Gasteiger partial charge is 0.493 e. The SMILES string of the molecule is CN1CCN(C(=O)CC2(COc3cccc(Cl)c3)CCCN(C(=O)c3cn(C)cn3)C2)CC1. The van der Waals surface area contributed by atoms with Crippen molar-refractivity contribution in [2.75, 3.05) is 52.9 Å². The number of nitrogens with zero attached hydrogens (tertiary/aromatic N) is 5. The Morgan fingerprint density at radius 2 is 1.91 bits per heavy atom. The van der Waals surface area contributed by atoms with Gasteiger partial charge in [0.05, 0.1) is 12.9 Å². The normalized spacial score (nSPS) is 21.8. The summed E-state index contributed by atoms with van der Waals surface area (Å²) in [6, 6.07) is 7.28. The highest BCUT2D eigenvalue weighted by Gasteiger charge is 2.41. The zero-order chi connectivity index (χ0) is 23.4. The molecule has 2 aromatic rings. The fraction of sp³-hybridized carbons (Fsp3) is 0.542. The summed E-state index contributed by atoms with van der Waals surface area (Å²) in [6.07, 6.45) is 5.34. The van der Waals surface area contributed by atoms with E-state index in [-0.39, 0.29) is 11.8 Å². The molecular weight excluding hydrogens is 442 g/mol. The molecule has 1 unspecified atom stereocenters. The smallest absolute Gasteiger partial charge is 0.274 e. The number of hydrogen-bond acceptors (Lipinski definition) is 5. The standard InChI is InChI=1S/C24H32ClN5O3/c1-27-9-11-29(12-10-27)22(31)14-24(17-33-20-6-3-5-19(25)13-20)7-4-8-30(16-24)23(32)21-15-28(2)18-26-21/h3,5-6,13,15,18H,4,7-12,14,16-17H2,1-2H3. The van der Waals surface area contributed by atoms with Crippen molar-refractivity contribution in [1.82, 2.24) is 24.3 Å². The van der Waals surface area contributed by atoms with Gasteiger partial charge in [0.1, 0.15) is 11.4 Å². The van der Waals surface area contributed by atoms with Gasteiger partial charge in [-0.05, 0) is 38.1 Å². The molecule has 1 aromatic heterocycles. The van der Waals surface area contributed by atoms with Crippen LogP contribution >= 0.6 is 11.6 Å². The Balaban J connectivity index is 1.52. The highest BCUT2D eigenvalue weighted by molar-refractivity contribution is 6.30. The van der Waals surface area contributed by atoms with Gasteiger partial charge in [0.2, 0.25) is 5.91 Å². The molecule has 4 rings (SSSR count). The maximum Gasteiger partial charge on any atom is 0.274 e. The second-order valence-electron chi connectivity index (χ2n) is 9.36. The Morgan fingerprint density at radius 3 is 2.61 bits per heavy atom. The van der Waals surface area contributed by atoms with Crippen molar-refractivity contribution in [3.8, 4) is 5.75 Å². The number of hydrogen-bond donors (Lipinski definition) is 0. The van der Waals surface area contributed by atoms with E-state index in [1.54, 1.807) is 29.2 Å². The van der Waals surface area contributed by atoms with Gasteiger partial charge < -0.3 is 24.0 Å². The van der Waals surface area contributed by atoms with E-state index in [1.165, 1.54) is 0 Å².